The van der Waals surface area contributed by atoms with Crippen molar-refractivity contribution in [2.45, 2.75) is 63.8 Å². The first-order valence-corrected chi connectivity index (χ1v) is 6.24. The van der Waals surface area contributed by atoms with Gasteiger partial charge in [-0.1, -0.05) is 25.7 Å². The first-order valence-electron chi connectivity index (χ1n) is 6.24. The molecular formula is C12H21NO. The highest BCUT2D eigenvalue weighted by molar-refractivity contribution is 4.95. The Hall–Kier alpha value is -0.0800. The van der Waals surface area contributed by atoms with Crippen molar-refractivity contribution in [3.8, 4) is 0 Å². The van der Waals surface area contributed by atoms with Gasteiger partial charge in [0.25, 0.3) is 0 Å². The molecule has 2 saturated carbocycles. The Morgan fingerprint density at radius 1 is 1.07 bits per heavy atom. The van der Waals surface area contributed by atoms with E-state index >= 15 is 0 Å². The van der Waals surface area contributed by atoms with Crippen molar-refractivity contribution in [2.24, 2.45) is 11.8 Å². The first-order chi connectivity index (χ1) is 6.83. The first kappa shape index (κ1) is 9.17. The Labute approximate surface area is 86.4 Å². The molecule has 0 spiro atoms. The molecule has 1 saturated heterocycles. The number of fused-ring (bicyclic) bond motifs is 2. The van der Waals surface area contributed by atoms with Gasteiger partial charge in [0.2, 0.25) is 0 Å². The molecule has 3 aliphatic rings. The van der Waals surface area contributed by atoms with Crippen molar-refractivity contribution in [3.63, 3.8) is 0 Å². The van der Waals surface area contributed by atoms with Gasteiger partial charge >= 0.3 is 0 Å². The Bertz CT molecular complexity index is 192. The van der Waals surface area contributed by atoms with Crippen LogP contribution in [0.5, 0.6) is 0 Å². The second-order valence-corrected chi connectivity index (χ2v) is 5.37. The monoisotopic (exact) mass is 195 g/mol. The van der Waals surface area contributed by atoms with Crippen molar-refractivity contribution in [1.82, 2.24) is 5.32 Å². The Morgan fingerprint density at radius 2 is 1.79 bits per heavy atom. The highest BCUT2D eigenvalue weighted by Crippen LogP contribution is 2.42. The molecule has 0 aromatic carbocycles. The molecule has 2 nitrogen and oxygen atoms in total. The molecule has 3 rings (SSSR count). The fourth-order valence-corrected chi connectivity index (χ4v) is 3.77. The number of ether oxygens (including phenoxy) is 1. The quantitative estimate of drug-likeness (QED) is 0.640. The highest BCUT2D eigenvalue weighted by Gasteiger charge is 2.42. The zero-order chi connectivity index (χ0) is 9.54. The molecule has 0 aromatic heterocycles. The Kier molecular flexibility index (Phi) is 2.29. The summed E-state index contributed by atoms with van der Waals surface area (Å²) in [5.41, 5.74) is 0. The summed E-state index contributed by atoms with van der Waals surface area (Å²) in [5.74, 6) is 1.99. The lowest BCUT2D eigenvalue weighted by atomic mass is 9.68. The van der Waals surface area contributed by atoms with Crippen LogP contribution in [0.2, 0.25) is 0 Å². The predicted molar refractivity (Wildman–Crippen MR) is 55.9 cm³/mol. The molecule has 0 amide bonds. The van der Waals surface area contributed by atoms with Crippen LogP contribution in [0, 0.1) is 11.8 Å². The van der Waals surface area contributed by atoms with Gasteiger partial charge in [-0.3, -0.25) is 5.32 Å². The Morgan fingerprint density at radius 3 is 2.57 bits per heavy atom. The van der Waals surface area contributed by atoms with E-state index in [0.717, 1.165) is 11.8 Å². The van der Waals surface area contributed by atoms with Crippen LogP contribution < -0.4 is 5.32 Å². The molecule has 1 heterocycles. The van der Waals surface area contributed by atoms with Crippen LogP contribution >= 0.6 is 0 Å². The molecule has 5 atom stereocenters. The van der Waals surface area contributed by atoms with E-state index in [-0.39, 0.29) is 0 Å². The van der Waals surface area contributed by atoms with Crippen LogP contribution in [0.15, 0.2) is 0 Å². The summed E-state index contributed by atoms with van der Waals surface area (Å²) in [6.45, 7) is 2.14. The van der Waals surface area contributed by atoms with Crippen LogP contribution in [0.4, 0.5) is 0 Å². The minimum Gasteiger partial charge on any atom is -0.359 e. The molecule has 80 valence electrons. The Balaban J connectivity index is 1.70. The molecule has 1 aliphatic heterocycles. The summed E-state index contributed by atoms with van der Waals surface area (Å²) in [5, 5.41) is 3.57. The van der Waals surface area contributed by atoms with Crippen molar-refractivity contribution in [2.75, 3.05) is 0 Å². The number of hydrogen-bond donors (Lipinski definition) is 1. The van der Waals surface area contributed by atoms with Gasteiger partial charge in [0.05, 0.1) is 6.10 Å². The van der Waals surface area contributed by atoms with Gasteiger partial charge in [-0.05, 0) is 31.6 Å². The summed E-state index contributed by atoms with van der Waals surface area (Å²) in [6, 6.07) is 0.671. The fraction of sp³-hybridized carbons (Fsp3) is 1.00. The topological polar surface area (TPSA) is 21.3 Å². The second-order valence-electron chi connectivity index (χ2n) is 5.37. The van der Waals surface area contributed by atoms with E-state index in [0.29, 0.717) is 18.4 Å². The predicted octanol–water partition coefficient (Wildman–Crippen LogP) is 2.29. The third-order valence-corrected chi connectivity index (χ3v) is 4.43. The third-order valence-electron chi connectivity index (χ3n) is 4.43. The second kappa shape index (κ2) is 3.49. The van der Waals surface area contributed by atoms with Gasteiger partial charge in [0.1, 0.15) is 6.23 Å². The maximum Gasteiger partial charge on any atom is 0.106 e. The van der Waals surface area contributed by atoms with E-state index in [1.54, 1.807) is 0 Å². The van der Waals surface area contributed by atoms with Gasteiger partial charge in [-0.25, -0.2) is 0 Å². The maximum atomic E-state index is 5.90. The summed E-state index contributed by atoms with van der Waals surface area (Å²) in [6.07, 6.45) is 9.40. The SMILES string of the molecule is CC1NC2CC3CCCCC3CC2O1. The van der Waals surface area contributed by atoms with Crippen LogP contribution in [-0.2, 0) is 4.74 Å². The zero-order valence-electron chi connectivity index (χ0n) is 9.04. The summed E-state index contributed by atoms with van der Waals surface area (Å²) in [4.78, 5) is 0. The molecule has 5 unspecified atom stereocenters. The normalized spacial score (nSPS) is 52.5. The van der Waals surface area contributed by atoms with E-state index in [4.69, 9.17) is 4.74 Å². The van der Waals surface area contributed by atoms with Crippen molar-refractivity contribution in [3.05, 3.63) is 0 Å². The van der Waals surface area contributed by atoms with Crippen molar-refractivity contribution >= 4 is 0 Å². The number of rotatable bonds is 0. The van der Waals surface area contributed by atoms with Crippen molar-refractivity contribution in [1.29, 1.82) is 0 Å². The number of hydrogen-bond acceptors (Lipinski definition) is 2. The van der Waals surface area contributed by atoms with E-state index in [9.17, 15) is 0 Å². The van der Waals surface area contributed by atoms with E-state index < -0.39 is 0 Å². The third kappa shape index (κ3) is 1.49. The van der Waals surface area contributed by atoms with Crippen molar-refractivity contribution < 1.29 is 4.74 Å². The summed E-state index contributed by atoms with van der Waals surface area (Å²) >= 11 is 0. The van der Waals surface area contributed by atoms with Gasteiger partial charge in [0, 0.05) is 6.04 Å². The lowest BCUT2D eigenvalue weighted by Crippen LogP contribution is -2.42. The molecule has 14 heavy (non-hydrogen) atoms. The van der Waals surface area contributed by atoms with Gasteiger partial charge in [-0.15, -0.1) is 0 Å². The van der Waals surface area contributed by atoms with Crippen LogP contribution in [0.3, 0.4) is 0 Å². The standard InChI is InChI=1S/C12H21NO/c1-8-13-11-6-9-4-2-3-5-10(9)7-12(11)14-8/h8-13H,2-7H2,1H3. The average molecular weight is 195 g/mol. The lowest BCUT2D eigenvalue weighted by molar-refractivity contribution is 0.000796. The zero-order valence-corrected chi connectivity index (χ0v) is 9.04. The molecular weight excluding hydrogens is 174 g/mol. The fourth-order valence-electron chi connectivity index (χ4n) is 3.77. The summed E-state index contributed by atoms with van der Waals surface area (Å²) < 4.78 is 5.90. The van der Waals surface area contributed by atoms with Gasteiger partial charge in [-0.2, -0.15) is 0 Å². The molecule has 1 N–H and O–H groups in total. The minimum absolute atomic E-state index is 0.296. The van der Waals surface area contributed by atoms with E-state index in [1.807, 2.05) is 0 Å². The molecule has 0 aromatic rings. The van der Waals surface area contributed by atoms with Crippen LogP contribution in [0.1, 0.15) is 45.4 Å². The molecule has 0 bridgehead atoms. The molecule has 2 aliphatic carbocycles. The minimum atomic E-state index is 0.296. The largest absolute Gasteiger partial charge is 0.359 e. The summed E-state index contributed by atoms with van der Waals surface area (Å²) in [7, 11) is 0. The van der Waals surface area contributed by atoms with Crippen LogP contribution in [-0.4, -0.2) is 18.4 Å². The maximum absolute atomic E-state index is 5.90. The van der Waals surface area contributed by atoms with E-state index in [2.05, 4.69) is 12.2 Å². The average Bonchev–Trinajstić information content (AvgIpc) is 2.53. The molecule has 2 heteroatoms. The van der Waals surface area contributed by atoms with E-state index in [1.165, 1.54) is 38.5 Å². The van der Waals surface area contributed by atoms with Gasteiger partial charge in [0.15, 0.2) is 0 Å². The highest BCUT2D eigenvalue weighted by atomic mass is 16.5. The number of nitrogens with one attached hydrogen (secondary N) is 1. The van der Waals surface area contributed by atoms with Crippen LogP contribution in [0.25, 0.3) is 0 Å². The van der Waals surface area contributed by atoms with Gasteiger partial charge < -0.3 is 4.74 Å². The molecule has 0 radical (unpaired) electrons. The molecule has 3 fully saturated rings. The smallest absolute Gasteiger partial charge is 0.106 e. The lowest BCUT2D eigenvalue weighted by Gasteiger charge is -2.40.